The number of hydrogen-bond donors (Lipinski definition) is 2. The van der Waals surface area contributed by atoms with Gasteiger partial charge in [0.2, 0.25) is 0 Å². The first-order valence-corrected chi connectivity index (χ1v) is 5.07. The van der Waals surface area contributed by atoms with E-state index in [0.29, 0.717) is 6.04 Å². The summed E-state index contributed by atoms with van der Waals surface area (Å²) in [6.45, 7) is 2.23. The van der Waals surface area contributed by atoms with Gasteiger partial charge in [-0.3, -0.25) is 0 Å². The molecule has 0 radical (unpaired) electrons. The number of benzene rings is 1. The second-order valence-corrected chi connectivity index (χ2v) is 3.81. The van der Waals surface area contributed by atoms with Crippen LogP contribution in [0.1, 0.15) is 6.42 Å². The van der Waals surface area contributed by atoms with Crippen LogP contribution in [0.5, 0.6) is 0 Å². The van der Waals surface area contributed by atoms with Gasteiger partial charge in [0.25, 0.3) is 0 Å². The van der Waals surface area contributed by atoms with Gasteiger partial charge in [-0.05, 0) is 37.7 Å². The molecule has 2 rings (SSSR count). The third kappa shape index (κ3) is 1.82. The first-order chi connectivity index (χ1) is 6.79. The number of nitrogens with one attached hydrogen (secondary N) is 1. The Balaban J connectivity index is 2.06. The highest BCUT2D eigenvalue weighted by Crippen LogP contribution is 2.21. The van der Waals surface area contributed by atoms with Crippen molar-refractivity contribution in [3.05, 3.63) is 24.3 Å². The average Bonchev–Trinajstić information content (AvgIpc) is 2.67. The quantitative estimate of drug-likeness (QED) is 0.687. The van der Waals surface area contributed by atoms with Crippen LogP contribution in [0.4, 0.5) is 11.4 Å². The number of hydrogen-bond acceptors (Lipinski definition) is 3. The maximum atomic E-state index is 5.65. The van der Waals surface area contributed by atoms with Gasteiger partial charge in [0.15, 0.2) is 0 Å². The van der Waals surface area contributed by atoms with Crippen LogP contribution in [-0.2, 0) is 0 Å². The van der Waals surface area contributed by atoms with E-state index >= 15 is 0 Å². The van der Waals surface area contributed by atoms with Crippen LogP contribution in [0.15, 0.2) is 24.3 Å². The third-order valence-electron chi connectivity index (χ3n) is 2.85. The van der Waals surface area contributed by atoms with Crippen molar-refractivity contribution >= 4 is 11.4 Å². The molecule has 1 aliphatic heterocycles. The molecule has 3 heteroatoms. The maximum absolute atomic E-state index is 5.65. The lowest BCUT2D eigenvalue weighted by atomic mass is 10.2. The van der Waals surface area contributed by atoms with Crippen LogP contribution >= 0.6 is 0 Å². The number of nitrogens with two attached hydrogens (primary N) is 1. The van der Waals surface area contributed by atoms with Gasteiger partial charge >= 0.3 is 0 Å². The number of nitrogens with zero attached hydrogens (tertiary/aromatic N) is 1. The molecule has 1 fully saturated rings. The molecule has 1 aliphatic rings. The van der Waals surface area contributed by atoms with Crippen LogP contribution in [0.2, 0.25) is 0 Å². The Morgan fingerprint density at radius 1 is 1.36 bits per heavy atom. The lowest BCUT2D eigenvalue weighted by Crippen LogP contribution is -2.29. The molecule has 1 saturated heterocycles. The highest BCUT2D eigenvalue weighted by molar-refractivity contribution is 5.53. The molecule has 14 heavy (non-hydrogen) atoms. The van der Waals surface area contributed by atoms with E-state index in [1.165, 1.54) is 12.1 Å². The van der Waals surface area contributed by atoms with Crippen molar-refractivity contribution in [3.63, 3.8) is 0 Å². The van der Waals surface area contributed by atoms with Gasteiger partial charge in [-0.1, -0.05) is 0 Å². The standard InChI is InChI=1S/C11H17N3/c1-13-10-6-7-14(8-10)11-4-2-9(12)3-5-11/h2-5,10,13H,6-8,12H2,1H3/t10-/m0/s1. The zero-order valence-corrected chi connectivity index (χ0v) is 8.53. The SMILES string of the molecule is CN[C@H]1CCN(c2ccc(N)cc2)C1. The lowest BCUT2D eigenvalue weighted by molar-refractivity contribution is 0.617. The molecule has 1 heterocycles. The molecular weight excluding hydrogens is 174 g/mol. The normalized spacial score (nSPS) is 21.5. The van der Waals surface area contributed by atoms with E-state index in [2.05, 4.69) is 22.3 Å². The summed E-state index contributed by atoms with van der Waals surface area (Å²) < 4.78 is 0. The minimum Gasteiger partial charge on any atom is -0.399 e. The molecule has 0 amide bonds. The Morgan fingerprint density at radius 2 is 2.07 bits per heavy atom. The molecule has 1 aromatic rings. The van der Waals surface area contributed by atoms with Crippen molar-refractivity contribution in [1.82, 2.24) is 5.32 Å². The molecule has 0 spiro atoms. The molecule has 0 bridgehead atoms. The van der Waals surface area contributed by atoms with Crippen molar-refractivity contribution in [2.45, 2.75) is 12.5 Å². The summed E-state index contributed by atoms with van der Waals surface area (Å²) >= 11 is 0. The van der Waals surface area contributed by atoms with E-state index in [0.717, 1.165) is 18.8 Å². The molecule has 76 valence electrons. The molecule has 3 nitrogen and oxygen atoms in total. The predicted molar refractivity (Wildman–Crippen MR) is 60.5 cm³/mol. The minimum atomic E-state index is 0.632. The zero-order valence-electron chi connectivity index (χ0n) is 8.53. The number of likely N-dealkylation sites (N-methyl/N-ethyl adjacent to an activating group) is 1. The van der Waals surface area contributed by atoms with Crippen molar-refractivity contribution in [3.8, 4) is 0 Å². The monoisotopic (exact) mass is 191 g/mol. The van der Waals surface area contributed by atoms with Gasteiger partial charge in [0.1, 0.15) is 0 Å². The molecular formula is C11H17N3. The molecule has 1 aromatic carbocycles. The summed E-state index contributed by atoms with van der Waals surface area (Å²) in [6, 6.07) is 8.73. The summed E-state index contributed by atoms with van der Waals surface area (Å²) in [4.78, 5) is 2.39. The fraction of sp³-hybridized carbons (Fsp3) is 0.455. The summed E-state index contributed by atoms with van der Waals surface area (Å²) in [7, 11) is 2.02. The number of rotatable bonds is 2. The first kappa shape index (κ1) is 9.34. The molecule has 0 aliphatic carbocycles. The Labute approximate surface area is 84.9 Å². The number of anilines is 2. The summed E-state index contributed by atoms with van der Waals surface area (Å²) in [5, 5.41) is 3.31. The van der Waals surface area contributed by atoms with E-state index in [9.17, 15) is 0 Å². The van der Waals surface area contributed by atoms with Gasteiger partial charge in [-0.2, -0.15) is 0 Å². The van der Waals surface area contributed by atoms with Gasteiger partial charge in [-0.25, -0.2) is 0 Å². The molecule has 0 saturated carbocycles. The number of nitrogen functional groups attached to an aromatic ring is 1. The Kier molecular flexibility index (Phi) is 2.59. The van der Waals surface area contributed by atoms with Crippen LogP contribution in [-0.4, -0.2) is 26.2 Å². The van der Waals surface area contributed by atoms with E-state index in [1.807, 2.05) is 19.2 Å². The first-order valence-electron chi connectivity index (χ1n) is 5.07. The van der Waals surface area contributed by atoms with Gasteiger partial charge in [-0.15, -0.1) is 0 Å². The zero-order chi connectivity index (χ0) is 9.97. The molecule has 1 atom stereocenters. The van der Waals surface area contributed by atoms with Gasteiger partial charge in [0, 0.05) is 30.5 Å². The van der Waals surface area contributed by atoms with Crippen molar-refractivity contribution in [1.29, 1.82) is 0 Å². The Bertz CT molecular complexity index is 294. The second-order valence-electron chi connectivity index (χ2n) is 3.81. The maximum Gasteiger partial charge on any atom is 0.0368 e. The lowest BCUT2D eigenvalue weighted by Gasteiger charge is -2.18. The van der Waals surface area contributed by atoms with Gasteiger partial charge in [0.05, 0.1) is 0 Å². The van der Waals surface area contributed by atoms with Crippen molar-refractivity contribution in [2.24, 2.45) is 0 Å². The third-order valence-corrected chi connectivity index (χ3v) is 2.85. The van der Waals surface area contributed by atoms with E-state index in [1.54, 1.807) is 0 Å². The topological polar surface area (TPSA) is 41.3 Å². The largest absolute Gasteiger partial charge is 0.399 e. The highest BCUT2D eigenvalue weighted by Gasteiger charge is 2.20. The van der Waals surface area contributed by atoms with E-state index in [4.69, 9.17) is 5.73 Å². The van der Waals surface area contributed by atoms with E-state index < -0.39 is 0 Å². The van der Waals surface area contributed by atoms with Crippen molar-refractivity contribution < 1.29 is 0 Å². The minimum absolute atomic E-state index is 0.632. The summed E-state index contributed by atoms with van der Waals surface area (Å²) in [5.74, 6) is 0. The fourth-order valence-corrected chi connectivity index (χ4v) is 1.92. The van der Waals surface area contributed by atoms with Crippen molar-refractivity contribution in [2.75, 3.05) is 30.8 Å². The Hall–Kier alpha value is -1.22. The van der Waals surface area contributed by atoms with E-state index in [-0.39, 0.29) is 0 Å². The molecule has 3 N–H and O–H groups in total. The molecule has 0 aromatic heterocycles. The van der Waals surface area contributed by atoms with Crippen LogP contribution in [0.3, 0.4) is 0 Å². The van der Waals surface area contributed by atoms with Crippen LogP contribution in [0.25, 0.3) is 0 Å². The Morgan fingerprint density at radius 3 is 2.64 bits per heavy atom. The van der Waals surface area contributed by atoms with Crippen LogP contribution < -0.4 is 16.0 Å². The fourth-order valence-electron chi connectivity index (χ4n) is 1.92. The highest BCUT2D eigenvalue weighted by atomic mass is 15.2. The second kappa shape index (κ2) is 3.88. The summed E-state index contributed by atoms with van der Waals surface area (Å²) in [6.07, 6.45) is 1.22. The van der Waals surface area contributed by atoms with Gasteiger partial charge < -0.3 is 16.0 Å². The molecule has 0 unspecified atom stereocenters. The average molecular weight is 191 g/mol. The van der Waals surface area contributed by atoms with Crippen LogP contribution in [0, 0.1) is 0 Å². The smallest absolute Gasteiger partial charge is 0.0368 e. The predicted octanol–water partition coefficient (Wildman–Crippen LogP) is 1.07. The summed E-state index contributed by atoms with van der Waals surface area (Å²) in [5.41, 5.74) is 7.75.